The van der Waals surface area contributed by atoms with Crippen LogP contribution in [-0.4, -0.2) is 92.1 Å². The smallest absolute Gasteiger partial charge is 0.407 e. The van der Waals surface area contributed by atoms with Gasteiger partial charge in [0.25, 0.3) is 0 Å². The first-order chi connectivity index (χ1) is 30.4. The van der Waals surface area contributed by atoms with Crippen LogP contribution in [0, 0.1) is 11.8 Å². The van der Waals surface area contributed by atoms with E-state index in [1.54, 1.807) is 0 Å². The number of nitrogens with zero attached hydrogens (tertiary/aromatic N) is 4. The van der Waals surface area contributed by atoms with Crippen LogP contribution in [0.1, 0.15) is 121 Å². The number of carbonyl (C=O) groups excluding carboxylic acids is 4. The highest BCUT2D eigenvalue weighted by Gasteiger charge is 2.43. The van der Waals surface area contributed by atoms with Crippen molar-refractivity contribution < 1.29 is 28.7 Å². The van der Waals surface area contributed by atoms with Gasteiger partial charge in [0.2, 0.25) is 11.8 Å². The second-order valence-corrected chi connectivity index (χ2v) is 18.0. The number of rotatable bonds is 12. The second-order valence-electron chi connectivity index (χ2n) is 18.0. The number of hydrogen-bond acceptors (Lipinski definition) is 8. The number of amides is 4. The van der Waals surface area contributed by atoms with E-state index in [-0.39, 0.29) is 47.8 Å². The summed E-state index contributed by atoms with van der Waals surface area (Å²) in [6.07, 6.45) is 8.39. The quantitative estimate of drug-likeness (QED) is 0.0962. The van der Waals surface area contributed by atoms with Crippen molar-refractivity contribution >= 4 is 45.8 Å². The summed E-state index contributed by atoms with van der Waals surface area (Å²) in [4.78, 5) is 73.8. The molecule has 2 saturated heterocycles. The summed E-state index contributed by atoms with van der Waals surface area (Å²) in [5.41, 5.74) is 8.90. The number of benzene rings is 3. The largest absolute Gasteiger partial charge is 0.453 e. The molecule has 14 nitrogen and oxygen atoms in total. The Morgan fingerprint density at radius 3 is 1.90 bits per heavy atom. The van der Waals surface area contributed by atoms with Crippen LogP contribution >= 0.6 is 0 Å². The molecule has 0 spiro atoms. The fourth-order valence-electron chi connectivity index (χ4n) is 10.3. The molecule has 0 unspecified atom stereocenters. The Bertz CT molecular complexity index is 2530. The molecule has 2 fully saturated rings. The van der Waals surface area contributed by atoms with Crippen molar-refractivity contribution in [3.05, 3.63) is 71.4 Å². The van der Waals surface area contributed by atoms with Crippen LogP contribution in [0.15, 0.2) is 48.7 Å². The molecule has 5 aromatic rings. The van der Waals surface area contributed by atoms with Crippen LogP contribution in [0.3, 0.4) is 0 Å². The van der Waals surface area contributed by atoms with E-state index in [0.717, 1.165) is 108 Å². The van der Waals surface area contributed by atoms with Gasteiger partial charge in [-0.25, -0.2) is 19.6 Å². The number of likely N-dealkylation sites (tertiary alicyclic amines) is 2. The summed E-state index contributed by atoms with van der Waals surface area (Å²) in [6, 6.07) is 13.4. The Labute approximate surface area is 369 Å². The number of ether oxygens (including phenoxy) is 2. The molecular formula is C49H62N8O6. The summed E-state index contributed by atoms with van der Waals surface area (Å²) < 4.78 is 9.75. The van der Waals surface area contributed by atoms with Gasteiger partial charge in [0.05, 0.1) is 49.2 Å². The maximum Gasteiger partial charge on any atom is 0.407 e. The molecule has 4 heterocycles. The van der Waals surface area contributed by atoms with E-state index in [1.165, 1.54) is 30.9 Å². The number of carbonyl (C=O) groups is 4. The lowest BCUT2D eigenvalue weighted by atomic mass is 9.91. The van der Waals surface area contributed by atoms with Gasteiger partial charge in [0.1, 0.15) is 23.7 Å². The molecule has 0 radical (unpaired) electrons. The van der Waals surface area contributed by atoms with E-state index in [2.05, 4.69) is 76.9 Å². The first-order valence-electron chi connectivity index (χ1n) is 22.8. The molecular weight excluding hydrogens is 797 g/mol. The minimum absolute atomic E-state index is 0.00137. The molecule has 8 rings (SSSR count). The number of aromatic amines is 2. The molecule has 3 aromatic carbocycles. The molecule has 2 aromatic heterocycles. The molecule has 334 valence electrons. The minimum atomic E-state index is -0.697. The molecule has 0 saturated carbocycles. The molecule has 8 atom stereocenters. The summed E-state index contributed by atoms with van der Waals surface area (Å²) in [5.74, 6) is 1.15. The van der Waals surface area contributed by atoms with Crippen LogP contribution in [0.4, 0.5) is 9.59 Å². The van der Waals surface area contributed by atoms with E-state index < -0.39 is 24.3 Å². The zero-order chi connectivity index (χ0) is 44.7. The monoisotopic (exact) mass is 858 g/mol. The zero-order valence-corrected chi connectivity index (χ0v) is 37.8. The van der Waals surface area contributed by atoms with Crippen LogP contribution < -0.4 is 10.6 Å². The lowest BCUT2D eigenvalue weighted by molar-refractivity contribution is -0.138. The first-order valence-corrected chi connectivity index (χ1v) is 22.8. The molecule has 14 heteroatoms. The Balaban J connectivity index is 1.06. The standard InChI is InChI=1S/C49H62N8O6/c1-9-26(3)41(54-48(60)62-7)46(58)56-28(5)14-22-39(56)44-50-25-38(52-44)36-20-19-32(34-12-11-13-35(34)36)30-16-18-33-31(24-30)17-21-37-43(33)53-45(51-37)40-23-15-29(6)57(40)47(59)42(27(4)10-2)55-49(61)63-8/h16-21,24-29,39-42H,9-15,22-23H2,1-8H3,(H,50,52)(H,51,53)(H,54,60)(H,55,61)/t26-,27-,28-,29-,39-,40-,41-,42-/m0/s1. The Kier molecular flexibility index (Phi) is 12.5. The predicted octanol–water partition coefficient (Wildman–Crippen LogP) is 8.91. The number of hydrogen-bond donors (Lipinski definition) is 4. The van der Waals surface area contributed by atoms with E-state index >= 15 is 0 Å². The van der Waals surface area contributed by atoms with Gasteiger partial charge < -0.3 is 39.9 Å². The van der Waals surface area contributed by atoms with Gasteiger partial charge in [-0.1, -0.05) is 70.9 Å². The van der Waals surface area contributed by atoms with Crippen LogP contribution in [0.2, 0.25) is 0 Å². The van der Waals surface area contributed by atoms with Gasteiger partial charge in [-0.2, -0.15) is 0 Å². The average Bonchev–Trinajstić information content (AvgIpc) is 4.16. The molecule has 0 bridgehead atoms. The van der Waals surface area contributed by atoms with E-state index in [0.29, 0.717) is 0 Å². The van der Waals surface area contributed by atoms with Gasteiger partial charge >= 0.3 is 12.2 Å². The SMILES string of the molecule is CC[C@H](C)[C@H](NC(=O)OC)C(=O)N1[C@@H](C)CC[C@H]1c1ncc(-c2ccc(-c3ccc4c(ccc5[nH]c([C@@H]6CC[C@H](C)N6C(=O)[C@@H](NC(=O)OC)[C@@H](C)CC)nc54)c3)c3c2CCC3)[nH]1. The summed E-state index contributed by atoms with van der Waals surface area (Å²) in [5, 5.41) is 7.72. The van der Waals surface area contributed by atoms with Crippen molar-refractivity contribution in [1.82, 2.24) is 40.4 Å². The van der Waals surface area contributed by atoms with Crippen molar-refractivity contribution in [3.63, 3.8) is 0 Å². The van der Waals surface area contributed by atoms with Crippen molar-refractivity contribution in [2.75, 3.05) is 14.2 Å². The lowest BCUT2D eigenvalue weighted by Crippen LogP contribution is -2.53. The minimum Gasteiger partial charge on any atom is -0.453 e. The third-order valence-corrected chi connectivity index (χ3v) is 14.3. The number of imidazole rings is 2. The Morgan fingerprint density at radius 1 is 0.746 bits per heavy atom. The van der Waals surface area contributed by atoms with E-state index in [1.807, 2.05) is 43.7 Å². The fraction of sp³-hybridized carbons (Fsp3) is 0.510. The maximum absolute atomic E-state index is 14.1. The Morgan fingerprint density at radius 2 is 1.32 bits per heavy atom. The van der Waals surface area contributed by atoms with Gasteiger partial charge in [-0.15, -0.1) is 0 Å². The van der Waals surface area contributed by atoms with Crippen LogP contribution in [-0.2, 0) is 31.9 Å². The lowest BCUT2D eigenvalue weighted by Gasteiger charge is -2.33. The van der Waals surface area contributed by atoms with Gasteiger partial charge in [0, 0.05) is 23.0 Å². The second kappa shape index (κ2) is 18.1. The molecule has 3 aliphatic rings. The third-order valence-electron chi connectivity index (χ3n) is 14.3. The van der Waals surface area contributed by atoms with Crippen molar-refractivity contribution in [2.45, 2.75) is 136 Å². The predicted molar refractivity (Wildman–Crippen MR) is 243 cm³/mol. The van der Waals surface area contributed by atoms with Crippen LogP contribution in [0.5, 0.6) is 0 Å². The normalized spacial score (nSPS) is 21.6. The number of H-pyrrole nitrogens is 2. The van der Waals surface area contributed by atoms with Crippen molar-refractivity contribution in [2.24, 2.45) is 11.8 Å². The molecule has 63 heavy (non-hydrogen) atoms. The van der Waals surface area contributed by atoms with Gasteiger partial charge in [0.15, 0.2) is 0 Å². The number of nitrogens with one attached hydrogen (secondary N) is 4. The maximum atomic E-state index is 14.1. The summed E-state index contributed by atoms with van der Waals surface area (Å²) in [6.45, 7) is 12.1. The summed E-state index contributed by atoms with van der Waals surface area (Å²) >= 11 is 0. The molecule has 4 amide bonds. The number of fused-ring (bicyclic) bond motifs is 4. The van der Waals surface area contributed by atoms with Crippen molar-refractivity contribution in [1.29, 1.82) is 0 Å². The zero-order valence-electron chi connectivity index (χ0n) is 37.8. The average molecular weight is 859 g/mol. The fourth-order valence-corrected chi connectivity index (χ4v) is 10.3. The summed E-state index contributed by atoms with van der Waals surface area (Å²) in [7, 11) is 2.63. The van der Waals surface area contributed by atoms with Gasteiger partial charge in [-0.05, 0) is 110 Å². The van der Waals surface area contributed by atoms with Gasteiger partial charge in [-0.3, -0.25) is 9.59 Å². The number of methoxy groups -OCH3 is 2. The topological polar surface area (TPSA) is 175 Å². The van der Waals surface area contributed by atoms with Crippen LogP contribution in [0.25, 0.3) is 44.2 Å². The number of alkyl carbamates (subject to hydrolysis) is 2. The highest BCUT2D eigenvalue weighted by atomic mass is 16.5. The molecule has 1 aliphatic carbocycles. The third kappa shape index (κ3) is 8.12. The molecule has 2 aliphatic heterocycles. The first kappa shape index (κ1) is 43.7. The van der Waals surface area contributed by atoms with Crippen molar-refractivity contribution in [3.8, 4) is 22.4 Å². The molecule has 4 N–H and O–H groups in total. The van der Waals surface area contributed by atoms with E-state index in [9.17, 15) is 19.2 Å². The Hall–Kier alpha value is -5.92. The van der Waals surface area contributed by atoms with E-state index in [4.69, 9.17) is 19.4 Å². The number of aromatic nitrogens is 4. The highest BCUT2D eigenvalue weighted by Crippen LogP contribution is 2.42. The highest BCUT2D eigenvalue weighted by molar-refractivity contribution is 6.05.